The molecule has 0 radical (unpaired) electrons. The van der Waals surface area contributed by atoms with Crippen LogP contribution in [-0.4, -0.2) is 48.5 Å². The van der Waals surface area contributed by atoms with Gasteiger partial charge in [0.25, 0.3) is 0 Å². The molecule has 0 saturated carbocycles. The zero-order chi connectivity index (χ0) is 18.6. The summed E-state index contributed by atoms with van der Waals surface area (Å²) in [4.78, 5) is 38.5. The highest BCUT2D eigenvalue weighted by Crippen LogP contribution is 2.36. The highest BCUT2D eigenvalue weighted by molar-refractivity contribution is 5.88. The molecule has 1 unspecified atom stereocenters. The number of carbonyl (C=O) groups excluding carboxylic acids is 3. The maximum absolute atomic E-state index is 12.7. The number of nitrogens with zero attached hydrogens (tertiary/aromatic N) is 1. The summed E-state index contributed by atoms with van der Waals surface area (Å²) in [6, 6.07) is 8.66. The molecule has 26 heavy (non-hydrogen) atoms. The maximum atomic E-state index is 12.7. The van der Waals surface area contributed by atoms with Crippen LogP contribution < -0.4 is 10.6 Å². The molecule has 1 spiro atoms. The fourth-order valence-corrected chi connectivity index (χ4v) is 3.70. The quantitative estimate of drug-likeness (QED) is 0.851. The molecule has 0 aromatic heterocycles. The molecule has 2 atom stereocenters. The summed E-state index contributed by atoms with van der Waals surface area (Å²) >= 11 is 0. The fraction of sp³-hybridized carbons (Fsp3) is 0.526. The van der Waals surface area contributed by atoms with Gasteiger partial charge in [-0.05, 0) is 31.7 Å². The van der Waals surface area contributed by atoms with Crippen molar-refractivity contribution in [3.63, 3.8) is 0 Å². The summed E-state index contributed by atoms with van der Waals surface area (Å²) in [6.07, 6.45) is 1.74. The Bertz CT molecular complexity index is 679. The third kappa shape index (κ3) is 3.98. The van der Waals surface area contributed by atoms with Crippen molar-refractivity contribution < 1.29 is 19.1 Å². The van der Waals surface area contributed by atoms with Gasteiger partial charge in [0.15, 0.2) is 0 Å². The molecular formula is C19H25N3O4. The minimum atomic E-state index is -0.696. The van der Waals surface area contributed by atoms with Gasteiger partial charge in [0.1, 0.15) is 12.6 Å². The molecule has 3 amide bonds. The third-order valence-corrected chi connectivity index (χ3v) is 5.18. The summed E-state index contributed by atoms with van der Waals surface area (Å²) < 4.78 is 5.16. The molecule has 2 aliphatic rings. The predicted octanol–water partition coefficient (Wildman–Crippen LogP) is 1.43. The first-order valence-electron chi connectivity index (χ1n) is 9.04. The van der Waals surface area contributed by atoms with Gasteiger partial charge in [0.2, 0.25) is 11.8 Å². The van der Waals surface area contributed by atoms with E-state index < -0.39 is 17.6 Å². The number of ether oxygens (including phenoxy) is 1. The van der Waals surface area contributed by atoms with Crippen LogP contribution >= 0.6 is 0 Å². The first-order chi connectivity index (χ1) is 12.5. The average molecular weight is 359 g/mol. The number of carbonyl (C=O) groups is 3. The normalized spacial score (nSPS) is 23.4. The Labute approximate surface area is 153 Å². The summed E-state index contributed by atoms with van der Waals surface area (Å²) in [7, 11) is 0. The summed E-state index contributed by atoms with van der Waals surface area (Å²) in [5.41, 5.74) is 0.424. The Morgan fingerprint density at radius 3 is 2.77 bits per heavy atom. The lowest BCUT2D eigenvalue weighted by Gasteiger charge is -2.39. The number of alkyl carbamates (subject to hydrolysis) is 1. The first kappa shape index (κ1) is 18.2. The molecule has 2 N–H and O–H groups in total. The van der Waals surface area contributed by atoms with Gasteiger partial charge < -0.3 is 20.3 Å². The van der Waals surface area contributed by atoms with E-state index in [1.165, 1.54) is 0 Å². The van der Waals surface area contributed by atoms with Crippen molar-refractivity contribution in [2.24, 2.45) is 5.41 Å². The second-order valence-electron chi connectivity index (χ2n) is 7.08. The van der Waals surface area contributed by atoms with Crippen LogP contribution in [-0.2, 0) is 20.9 Å². The lowest BCUT2D eigenvalue weighted by Crippen LogP contribution is -2.54. The van der Waals surface area contributed by atoms with Crippen LogP contribution in [0, 0.1) is 5.41 Å². The van der Waals surface area contributed by atoms with E-state index in [4.69, 9.17) is 4.74 Å². The van der Waals surface area contributed by atoms with Gasteiger partial charge in [-0.3, -0.25) is 9.59 Å². The van der Waals surface area contributed by atoms with Crippen LogP contribution in [0.25, 0.3) is 0 Å². The van der Waals surface area contributed by atoms with Gasteiger partial charge in [-0.25, -0.2) is 4.79 Å². The monoisotopic (exact) mass is 359 g/mol. The molecule has 1 aromatic rings. The van der Waals surface area contributed by atoms with Crippen LogP contribution in [0.4, 0.5) is 4.79 Å². The van der Waals surface area contributed by atoms with Crippen LogP contribution in [0.2, 0.25) is 0 Å². The van der Waals surface area contributed by atoms with Crippen LogP contribution in [0.15, 0.2) is 30.3 Å². The number of benzene rings is 1. The Morgan fingerprint density at radius 1 is 1.31 bits per heavy atom. The van der Waals surface area contributed by atoms with Crippen molar-refractivity contribution >= 4 is 17.9 Å². The van der Waals surface area contributed by atoms with E-state index in [1.807, 2.05) is 30.3 Å². The van der Waals surface area contributed by atoms with E-state index in [9.17, 15) is 14.4 Å². The molecule has 0 bridgehead atoms. The van der Waals surface area contributed by atoms with Gasteiger partial charge in [-0.1, -0.05) is 30.3 Å². The van der Waals surface area contributed by atoms with E-state index in [2.05, 4.69) is 10.6 Å². The topological polar surface area (TPSA) is 87.7 Å². The van der Waals surface area contributed by atoms with E-state index in [0.29, 0.717) is 19.6 Å². The van der Waals surface area contributed by atoms with E-state index in [-0.39, 0.29) is 18.4 Å². The molecule has 7 nitrogen and oxygen atoms in total. The van der Waals surface area contributed by atoms with Gasteiger partial charge in [-0.2, -0.15) is 0 Å². The van der Waals surface area contributed by atoms with Gasteiger partial charge >= 0.3 is 6.09 Å². The summed E-state index contributed by atoms with van der Waals surface area (Å²) in [5, 5.41) is 5.45. The van der Waals surface area contributed by atoms with Crippen LogP contribution in [0.1, 0.15) is 31.7 Å². The van der Waals surface area contributed by atoms with E-state index >= 15 is 0 Å². The van der Waals surface area contributed by atoms with Crippen molar-refractivity contribution in [2.45, 2.75) is 38.8 Å². The molecule has 2 heterocycles. The molecule has 2 saturated heterocycles. The second-order valence-corrected chi connectivity index (χ2v) is 7.08. The highest BCUT2D eigenvalue weighted by atomic mass is 16.5. The van der Waals surface area contributed by atoms with E-state index in [0.717, 1.165) is 24.8 Å². The zero-order valence-corrected chi connectivity index (χ0v) is 15.0. The fourth-order valence-electron chi connectivity index (χ4n) is 3.70. The van der Waals surface area contributed by atoms with Crippen LogP contribution in [0.3, 0.4) is 0 Å². The van der Waals surface area contributed by atoms with E-state index in [1.54, 1.807) is 11.8 Å². The zero-order valence-electron chi connectivity index (χ0n) is 15.0. The predicted molar refractivity (Wildman–Crippen MR) is 95.1 cm³/mol. The molecule has 0 aliphatic carbocycles. The molecule has 2 aliphatic heterocycles. The van der Waals surface area contributed by atoms with Crippen molar-refractivity contribution in [1.82, 2.24) is 15.5 Å². The average Bonchev–Trinajstić information content (AvgIpc) is 2.99. The van der Waals surface area contributed by atoms with Crippen molar-refractivity contribution in [3.05, 3.63) is 35.9 Å². The Balaban J connectivity index is 1.50. The Morgan fingerprint density at radius 2 is 2.08 bits per heavy atom. The lowest BCUT2D eigenvalue weighted by molar-refractivity contribution is -0.140. The van der Waals surface area contributed by atoms with Crippen molar-refractivity contribution in [2.75, 3.05) is 19.6 Å². The van der Waals surface area contributed by atoms with Gasteiger partial charge in [0.05, 0.1) is 5.41 Å². The summed E-state index contributed by atoms with van der Waals surface area (Å²) in [5.74, 6) is -0.140. The SMILES string of the molecule is C[C@H](NC(=O)OCc1ccccc1)C(=O)N1CCCC2(CCNC2=O)C1. The smallest absolute Gasteiger partial charge is 0.408 e. The molecule has 7 heteroatoms. The number of hydrogen-bond donors (Lipinski definition) is 2. The second kappa shape index (κ2) is 7.76. The first-order valence-corrected chi connectivity index (χ1v) is 9.04. The van der Waals surface area contributed by atoms with Gasteiger partial charge in [0, 0.05) is 19.6 Å². The molecule has 140 valence electrons. The Kier molecular flexibility index (Phi) is 5.44. The molecule has 3 rings (SSSR count). The number of nitrogens with one attached hydrogen (secondary N) is 2. The molecule has 2 fully saturated rings. The standard InChI is InChI=1S/C19H25N3O4/c1-14(21-18(25)26-12-15-6-3-2-4-7-15)16(23)22-11-5-8-19(13-22)9-10-20-17(19)24/h2-4,6-7,14H,5,8-13H2,1H3,(H,20,24)(H,21,25)/t14-,19?/m0/s1. The third-order valence-electron chi connectivity index (χ3n) is 5.18. The molecule has 1 aromatic carbocycles. The minimum Gasteiger partial charge on any atom is -0.445 e. The Hall–Kier alpha value is -2.57. The molecular weight excluding hydrogens is 334 g/mol. The largest absolute Gasteiger partial charge is 0.445 e. The number of likely N-dealkylation sites (tertiary alicyclic amines) is 1. The van der Waals surface area contributed by atoms with Gasteiger partial charge in [-0.15, -0.1) is 0 Å². The lowest BCUT2D eigenvalue weighted by atomic mass is 9.78. The number of rotatable bonds is 4. The van der Waals surface area contributed by atoms with Crippen molar-refractivity contribution in [3.8, 4) is 0 Å². The maximum Gasteiger partial charge on any atom is 0.408 e. The minimum absolute atomic E-state index is 0.0397. The highest BCUT2D eigenvalue weighted by Gasteiger charge is 2.46. The number of piperidine rings is 1. The number of hydrogen-bond acceptors (Lipinski definition) is 4. The van der Waals surface area contributed by atoms with Crippen molar-refractivity contribution in [1.29, 1.82) is 0 Å². The summed E-state index contributed by atoms with van der Waals surface area (Å²) in [6.45, 7) is 3.49. The van der Waals surface area contributed by atoms with Crippen LogP contribution in [0.5, 0.6) is 0 Å². The number of amides is 3.